The fourth-order valence-electron chi connectivity index (χ4n) is 1.97. The highest BCUT2D eigenvalue weighted by atomic mass is 15.3. The molecule has 0 aliphatic carbocycles. The molecule has 1 aliphatic heterocycles. The minimum Gasteiger partial charge on any atom is -0.368 e. The Morgan fingerprint density at radius 1 is 1.00 bits per heavy atom. The molecule has 0 saturated carbocycles. The van der Waals surface area contributed by atoms with Crippen LogP contribution in [0.4, 0.5) is 23.5 Å². The molecule has 6 nitrogen and oxygen atoms in total. The number of nitrogen functional groups attached to an aromatic ring is 2. The third kappa shape index (κ3) is 1.73. The quantitative estimate of drug-likeness (QED) is 0.777. The molecule has 90 valence electrons. The lowest BCUT2D eigenvalue weighted by molar-refractivity contribution is 0.961. The first-order valence-corrected chi connectivity index (χ1v) is 5.54. The monoisotopic (exact) mass is 240 g/mol. The third-order valence-corrected chi connectivity index (χ3v) is 2.71. The van der Waals surface area contributed by atoms with Gasteiger partial charge in [0.2, 0.25) is 17.8 Å². The Hall–Kier alpha value is -2.63. The van der Waals surface area contributed by atoms with E-state index in [0.717, 1.165) is 11.3 Å². The molecule has 0 radical (unpaired) electrons. The van der Waals surface area contributed by atoms with E-state index < -0.39 is 0 Å². The van der Waals surface area contributed by atoms with Crippen molar-refractivity contribution in [2.24, 2.45) is 0 Å². The molecule has 0 amide bonds. The highest BCUT2D eigenvalue weighted by Crippen LogP contribution is 2.30. The van der Waals surface area contributed by atoms with Crippen LogP contribution < -0.4 is 16.4 Å². The summed E-state index contributed by atoms with van der Waals surface area (Å²) in [5, 5.41) is 0. The molecule has 0 saturated heterocycles. The summed E-state index contributed by atoms with van der Waals surface area (Å²) in [6.45, 7) is 0.680. The first-order chi connectivity index (χ1) is 8.74. The first-order valence-electron chi connectivity index (χ1n) is 5.54. The SMILES string of the molecule is Nc1nc(N)nc(N2CC=Cc3ccccc32)n1. The zero-order chi connectivity index (χ0) is 12.5. The number of anilines is 4. The number of nitrogens with zero attached hydrogens (tertiary/aromatic N) is 4. The summed E-state index contributed by atoms with van der Waals surface area (Å²) < 4.78 is 0. The van der Waals surface area contributed by atoms with Crippen LogP contribution in [-0.4, -0.2) is 21.5 Å². The molecule has 6 heteroatoms. The van der Waals surface area contributed by atoms with Crippen molar-refractivity contribution in [3.05, 3.63) is 35.9 Å². The average Bonchev–Trinajstić information content (AvgIpc) is 2.37. The van der Waals surface area contributed by atoms with E-state index in [-0.39, 0.29) is 11.9 Å². The van der Waals surface area contributed by atoms with E-state index in [0.29, 0.717) is 12.5 Å². The van der Waals surface area contributed by atoms with Gasteiger partial charge < -0.3 is 16.4 Å². The Bertz CT molecular complexity index is 601. The molecule has 1 aromatic heterocycles. The number of aromatic nitrogens is 3. The van der Waals surface area contributed by atoms with Gasteiger partial charge in [-0.3, -0.25) is 0 Å². The Kier molecular flexibility index (Phi) is 2.33. The Labute approximate surface area is 104 Å². The molecule has 0 unspecified atom stereocenters. The summed E-state index contributed by atoms with van der Waals surface area (Å²) >= 11 is 0. The molecule has 1 aromatic carbocycles. The molecule has 3 rings (SSSR count). The van der Waals surface area contributed by atoms with Gasteiger partial charge in [0.05, 0.1) is 5.69 Å². The molecule has 0 atom stereocenters. The summed E-state index contributed by atoms with van der Waals surface area (Å²) in [7, 11) is 0. The molecule has 0 fully saturated rings. The van der Waals surface area contributed by atoms with Gasteiger partial charge in [0.15, 0.2) is 0 Å². The van der Waals surface area contributed by atoms with Crippen molar-refractivity contribution in [2.75, 3.05) is 22.9 Å². The third-order valence-electron chi connectivity index (χ3n) is 2.71. The molecule has 4 N–H and O–H groups in total. The number of hydrogen-bond donors (Lipinski definition) is 2. The number of benzene rings is 1. The molecule has 2 aromatic rings. The summed E-state index contributed by atoms with van der Waals surface area (Å²) in [6.07, 6.45) is 4.11. The van der Waals surface area contributed by atoms with Crippen molar-refractivity contribution in [3.8, 4) is 0 Å². The number of rotatable bonds is 1. The van der Waals surface area contributed by atoms with Gasteiger partial charge in [0.1, 0.15) is 0 Å². The Morgan fingerprint density at radius 2 is 1.72 bits per heavy atom. The Morgan fingerprint density at radius 3 is 2.50 bits per heavy atom. The van der Waals surface area contributed by atoms with Gasteiger partial charge in [0, 0.05) is 6.54 Å². The Balaban J connectivity index is 2.10. The maximum absolute atomic E-state index is 5.60. The molecule has 2 heterocycles. The van der Waals surface area contributed by atoms with Crippen molar-refractivity contribution in [1.29, 1.82) is 0 Å². The van der Waals surface area contributed by atoms with E-state index in [2.05, 4.69) is 21.0 Å². The number of nitrogens with two attached hydrogens (primary N) is 2. The summed E-state index contributed by atoms with van der Waals surface area (Å²) in [5.41, 5.74) is 13.3. The number of para-hydroxylation sites is 1. The smallest absolute Gasteiger partial charge is 0.236 e. The second-order valence-electron chi connectivity index (χ2n) is 3.92. The van der Waals surface area contributed by atoms with Crippen molar-refractivity contribution in [3.63, 3.8) is 0 Å². The van der Waals surface area contributed by atoms with Crippen LogP contribution in [0.15, 0.2) is 30.3 Å². The average molecular weight is 240 g/mol. The lowest BCUT2D eigenvalue weighted by Crippen LogP contribution is -2.23. The fourth-order valence-corrected chi connectivity index (χ4v) is 1.97. The van der Waals surface area contributed by atoms with Gasteiger partial charge in [-0.25, -0.2) is 0 Å². The largest absolute Gasteiger partial charge is 0.368 e. The van der Waals surface area contributed by atoms with Crippen LogP contribution in [0.25, 0.3) is 6.08 Å². The second kappa shape index (κ2) is 3.99. The summed E-state index contributed by atoms with van der Waals surface area (Å²) in [5.74, 6) is 0.728. The molecule has 1 aliphatic rings. The van der Waals surface area contributed by atoms with E-state index in [9.17, 15) is 0 Å². The molecule has 18 heavy (non-hydrogen) atoms. The zero-order valence-electron chi connectivity index (χ0n) is 9.61. The van der Waals surface area contributed by atoms with Crippen LogP contribution >= 0.6 is 0 Å². The minimum atomic E-state index is 0.129. The van der Waals surface area contributed by atoms with E-state index in [1.54, 1.807) is 0 Å². The molecular weight excluding hydrogens is 228 g/mol. The molecule has 0 spiro atoms. The molecular formula is C12H12N6. The van der Waals surface area contributed by atoms with Crippen molar-refractivity contribution < 1.29 is 0 Å². The van der Waals surface area contributed by atoms with Crippen molar-refractivity contribution >= 4 is 29.6 Å². The van der Waals surface area contributed by atoms with E-state index in [4.69, 9.17) is 11.5 Å². The fraction of sp³-hybridized carbons (Fsp3) is 0.0833. The van der Waals surface area contributed by atoms with Crippen LogP contribution in [0.5, 0.6) is 0 Å². The predicted molar refractivity (Wildman–Crippen MR) is 71.1 cm³/mol. The van der Waals surface area contributed by atoms with Gasteiger partial charge in [-0.2, -0.15) is 15.0 Å². The topological polar surface area (TPSA) is 93.9 Å². The van der Waals surface area contributed by atoms with Gasteiger partial charge in [-0.05, 0) is 11.6 Å². The van der Waals surface area contributed by atoms with Gasteiger partial charge in [-0.1, -0.05) is 30.4 Å². The predicted octanol–water partition coefficient (Wildman–Crippen LogP) is 1.20. The van der Waals surface area contributed by atoms with E-state index in [1.165, 1.54) is 0 Å². The highest BCUT2D eigenvalue weighted by Gasteiger charge is 2.17. The van der Waals surface area contributed by atoms with Crippen LogP contribution in [0.2, 0.25) is 0 Å². The van der Waals surface area contributed by atoms with Gasteiger partial charge >= 0.3 is 0 Å². The first kappa shape index (κ1) is 10.5. The lowest BCUT2D eigenvalue weighted by atomic mass is 10.1. The van der Waals surface area contributed by atoms with Gasteiger partial charge in [0.25, 0.3) is 0 Å². The van der Waals surface area contributed by atoms with Crippen LogP contribution in [0, 0.1) is 0 Å². The van der Waals surface area contributed by atoms with Crippen molar-refractivity contribution in [2.45, 2.75) is 0 Å². The summed E-state index contributed by atoms with van der Waals surface area (Å²) in [4.78, 5) is 14.0. The van der Waals surface area contributed by atoms with E-state index >= 15 is 0 Å². The summed E-state index contributed by atoms with van der Waals surface area (Å²) in [6, 6.07) is 8.00. The lowest BCUT2D eigenvalue weighted by Gasteiger charge is -2.26. The number of hydrogen-bond acceptors (Lipinski definition) is 6. The molecule has 0 bridgehead atoms. The van der Waals surface area contributed by atoms with Crippen LogP contribution in [-0.2, 0) is 0 Å². The van der Waals surface area contributed by atoms with Gasteiger partial charge in [-0.15, -0.1) is 0 Å². The van der Waals surface area contributed by atoms with Crippen molar-refractivity contribution in [1.82, 2.24) is 15.0 Å². The maximum atomic E-state index is 5.60. The minimum absolute atomic E-state index is 0.129. The van der Waals surface area contributed by atoms with E-state index in [1.807, 2.05) is 35.2 Å². The maximum Gasteiger partial charge on any atom is 0.236 e. The number of fused-ring (bicyclic) bond motifs is 1. The standard InChI is InChI=1S/C12H12N6/c13-10-15-11(14)17-12(16-10)18-7-3-5-8-4-1-2-6-9(8)18/h1-6H,7H2,(H4,13,14,15,16,17). The normalized spacial score (nSPS) is 13.4. The second-order valence-corrected chi connectivity index (χ2v) is 3.92. The zero-order valence-corrected chi connectivity index (χ0v) is 9.61. The van der Waals surface area contributed by atoms with Crippen LogP contribution in [0.3, 0.4) is 0 Å². The highest BCUT2D eigenvalue weighted by molar-refractivity contribution is 5.75. The van der Waals surface area contributed by atoms with Crippen LogP contribution in [0.1, 0.15) is 5.56 Å².